The van der Waals surface area contributed by atoms with E-state index >= 15 is 0 Å². The number of non-ortho nitro benzene ring substituents is 1. The van der Waals surface area contributed by atoms with Gasteiger partial charge >= 0.3 is 5.97 Å². The van der Waals surface area contributed by atoms with E-state index in [2.05, 4.69) is 5.32 Å². The summed E-state index contributed by atoms with van der Waals surface area (Å²) in [6.45, 7) is 2.87. The van der Waals surface area contributed by atoms with Crippen LogP contribution in [-0.4, -0.2) is 27.9 Å². The van der Waals surface area contributed by atoms with Gasteiger partial charge in [0, 0.05) is 25.0 Å². The summed E-state index contributed by atoms with van der Waals surface area (Å²) in [6.07, 6.45) is 0. The molecule has 1 aromatic rings. The van der Waals surface area contributed by atoms with E-state index in [1.807, 2.05) is 0 Å². The van der Waals surface area contributed by atoms with Gasteiger partial charge in [0.1, 0.15) is 6.04 Å². The molecule has 0 saturated carbocycles. The van der Waals surface area contributed by atoms with E-state index in [1.165, 1.54) is 31.2 Å². The Bertz CT molecular complexity index is 497. The van der Waals surface area contributed by atoms with Crippen molar-refractivity contribution in [1.82, 2.24) is 5.32 Å². The highest BCUT2D eigenvalue weighted by molar-refractivity contribution is 5.83. The number of rotatable bonds is 5. The quantitative estimate of drug-likeness (QED) is 0.616. The zero-order valence-electron chi connectivity index (χ0n) is 10.5. The third kappa shape index (κ3) is 3.77. The van der Waals surface area contributed by atoms with E-state index in [0.29, 0.717) is 5.56 Å². The Kier molecular flexibility index (Phi) is 4.57. The second kappa shape index (κ2) is 5.94. The SMILES string of the molecule is CC(=O)N[C@@H](C(=O)O)[C@@H](C)c1ccc([N+](=O)[O-])cc1. The van der Waals surface area contributed by atoms with Crippen molar-refractivity contribution in [1.29, 1.82) is 0 Å². The van der Waals surface area contributed by atoms with Crippen LogP contribution in [0.1, 0.15) is 25.3 Å². The Labute approximate surface area is 109 Å². The van der Waals surface area contributed by atoms with E-state index in [1.54, 1.807) is 6.92 Å². The summed E-state index contributed by atoms with van der Waals surface area (Å²) < 4.78 is 0. The monoisotopic (exact) mass is 266 g/mol. The third-order valence-corrected chi connectivity index (χ3v) is 2.75. The third-order valence-electron chi connectivity index (χ3n) is 2.75. The molecular weight excluding hydrogens is 252 g/mol. The highest BCUT2D eigenvalue weighted by Gasteiger charge is 2.26. The van der Waals surface area contributed by atoms with E-state index in [9.17, 15) is 19.7 Å². The Hall–Kier alpha value is -2.44. The molecule has 0 unspecified atom stereocenters. The van der Waals surface area contributed by atoms with Crippen LogP contribution in [0.2, 0.25) is 0 Å². The molecule has 0 fully saturated rings. The van der Waals surface area contributed by atoms with Gasteiger partial charge in [-0.25, -0.2) is 4.79 Å². The summed E-state index contributed by atoms with van der Waals surface area (Å²) in [5.74, 6) is -2.09. The van der Waals surface area contributed by atoms with Gasteiger partial charge in [-0.1, -0.05) is 19.1 Å². The smallest absolute Gasteiger partial charge is 0.326 e. The minimum absolute atomic E-state index is 0.0673. The average Bonchev–Trinajstić information content (AvgIpc) is 2.34. The average molecular weight is 266 g/mol. The van der Waals surface area contributed by atoms with E-state index in [0.717, 1.165) is 0 Å². The maximum absolute atomic E-state index is 11.1. The van der Waals surface area contributed by atoms with Crippen LogP contribution < -0.4 is 5.32 Å². The summed E-state index contributed by atoms with van der Waals surface area (Å²) in [7, 11) is 0. The van der Waals surface area contributed by atoms with Crippen LogP contribution in [0.4, 0.5) is 5.69 Å². The predicted molar refractivity (Wildman–Crippen MR) is 66.8 cm³/mol. The first-order valence-corrected chi connectivity index (χ1v) is 5.57. The maximum Gasteiger partial charge on any atom is 0.326 e. The molecule has 0 aromatic heterocycles. The molecule has 19 heavy (non-hydrogen) atoms. The Morgan fingerprint density at radius 3 is 2.21 bits per heavy atom. The van der Waals surface area contributed by atoms with Crippen LogP contribution in [0.3, 0.4) is 0 Å². The molecule has 1 aromatic carbocycles. The van der Waals surface area contributed by atoms with Crippen molar-refractivity contribution >= 4 is 17.6 Å². The molecule has 0 aliphatic heterocycles. The minimum atomic E-state index is -1.15. The zero-order chi connectivity index (χ0) is 14.6. The normalized spacial score (nSPS) is 13.4. The van der Waals surface area contributed by atoms with Crippen LogP contribution >= 0.6 is 0 Å². The van der Waals surface area contributed by atoms with Gasteiger partial charge in [-0.2, -0.15) is 0 Å². The Morgan fingerprint density at radius 1 is 1.32 bits per heavy atom. The molecule has 7 nitrogen and oxygen atoms in total. The first-order valence-electron chi connectivity index (χ1n) is 5.57. The fourth-order valence-electron chi connectivity index (χ4n) is 1.71. The number of nitro benzene ring substituents is 1. The molecule has 2 N–H and O–H groups in total. The molecule has 102 valence electrons. The number of carbonyl (C=O) groups is 2. The molecule has 2 atom stereocenters. The zero-order valence-corrected chi connectivity index (χ0v) is 10.5. The van der Waals surface area contributed by atoms with E-state index in [4.69, 9.17) is 5.11 Å². The Balaban J connectivity index is 2.96. The van der Waals surface area contributed by atoms with Gasteiger partial charge in [0.2, 0.25) is 5.91 Å². The number of carboxylic acids is 1. The molecule has 0 heterocycles. The van der Waals surface area contributed by atoms with Crippen molar-refractivity contribution in [2.75, 3.05) is 0 Å². The largest absolute Gasteiger partial charge is 0.480 e. The number of aliphatic carboxylic acids is 1. The lowest BCUT2D eigenvalue weighted by atomic mass is 9.93. The van der Waals surface area contributed by atoms with Gasteiger partial charge in [0.05, 0.1) is 4.92 Å². The van der Waals surface area contributed by atoms with E-state index in [-0.39, 0.29) is 5.69 Å². The highest BCUT2D eigenvalue weighted by Crippen LogP contribution is 2.22. The second-order valence-corrected chi connectivity index (χ2v) is 4.15. The summed E-state index contributed by atoms with van der Waals surface area (Å²) in [6, 6.07) is 4.51. The number of carbonyl (C=O) groups excluding carboxylic acids is 1. The lowest BCUT2D eigenvalue weighted by Gasteiger charge is -2.21. The van der Waals surface area contributed by atoms with Crippen molar-refractivity contribution in [2.45, 2.75) is 25.8 Å². The number of nitrogens with zero attached hydrogens (tertiary/aromatic N) is 1. The highest BCUT2D eigenvalue weighted by atomic mass is 16.6. The van der Waals surface area contributed by atoms with Crippen LogP contribution in [-0.2, 0) is 9.59 Å². The van der Waals surface area contributed by atoms with Gasteiger partial charge in [-0.05, 0) is 5.56 Å². The van der Waals surface area contributed by atoms with Crippen LogP contribution in [0, 0.1) is 10.1 Å². The number of benzene rings is 1. The standard InChI is InChI=1S/C12H14N2O5/c1-7(11(12(16)17)13-8(2)15)9-3-5-10(6-4-9)14(18)19/h3-7,11H,1-2H3,(H,13,15)(H,16,17)/t7-,11+/m0/s1. The van der Waals surface area contributed by atoms with Crippen LogP contribution in [0.25, 0.3) is 0 Å². The van der Waals surface area contributed by atoms with Gasteiger partial charge in [-0.15, -0.1) is 0 Å². The van der Waals surface area contributed by atoms with Gasteiger partial charge in [0.25, 0.3) is 5.69 Å². The van der Waals surface area contributed by atoms with Crippen LogP contribution in [0.5, 0.6) is 0 Å². The van der Waals surface area contributed by atoms with Crippen molar-refractivity contribution in [3.63, 3.8) is 0 Å². The molecule has 0 radical (unpaired) electrons. The molecule has 7 heteroatoms. The number of nitrogens with one attached hydrogen (secondary N) is 1. The first-order chi connectivity index (χ1) is 8.82. The summed E-state index contributed by atoms with van der Waals surface area (Å²) in [5.41, 5.74) is 0.536. The molecule has 0 saturated heterocycles. The number of carboxylic acid groups (broad SMARTS) is 1. The van der Waals surface area contributed by atoms with Gasteiger partial charge < -0.3 is 10.4 Å². The van der Waals surface area contributed by atoms with Crippen molar-refractivity contribution < 1.29 is 19.6 Å². The molecule has 0 aliphatic rings. The van der Waals surface area contributed by atoms with E-state index < -0.39 is 28.8 Å². The van der Waals surface area contributed by atoms with Crippen molar-refractivity contribution in [3.05, 3.63) is 39.9 Å². The predicted octanol–water partition coefficient (Wildman–Crippen LogP) is 1.29. The van der Waals surface area contributed by atoms with Crippen LogP contribution in [0.15, 0.2) is 24.3 Å². The van der Waals surface area contributed by atoms with Crippen molar-refractivity contribution in [3.8, 4) is 0 Å². The first kappa shape index (κ1) is 14.6. The number of hydrogen-bond donors (Lipinski definition) is 2. The minimum Gasteiger partial charge on any atom is -0.480 e. The number of nitro groups is 1. The molecule has 0 aliphatic carbocycles. The summed E-state index contributed by atoms with van der Waals surface area (Å²) >= 11 is 0. The maximum atomic E-state index is 11.1. The molecule has 0 spiro atoms. The summed E-state index contributed by atoms with van der Waals surface area (Å²) in [4.78, 5) is 32.1. The lowest BCUT2D eigenvalue weighted by Crippen LogP contribution is -2.43. The molecule has 1 amide bonds. The fourth-order valence-corrected chi connectivity index (χ4v) is 1.71. The van der Waals surface area contributed by atoms with Crippen molar-refractivity contribution in [2.24, 2.45) is 0 Å². The number of hydrogen-bond acceptors (Lipinski definition) is 4. The Morgan fingerprint density at radius 2 is 1.84 bits per heavy atom. The fraction of sp³-hybridized carbons (Fsp3) is 0.333. The van der Waals surface area contributed by atoms with Gasteiger partial charge in [-0.3, -0.25) is 14.9 Å². The summed E-state index contributed by atoms with van der Waals surface area (Å²) in [5, 5.41) is 21.9. The topological polar surface area (TPSA) is 110 Å². The molecule has 1 rings (SSSR count). The van der Waals surface area contributed by atoms with Gasteiger partial charge in [0.15, 0.2) is 0 Å². The number of amides is 1. The second-order valence-electron chi connectivity index (χ2n) is 4.15. The lowest BCUT2D eigenvalue weighted by molar-refractivity contribution is -0.384. The molecular formula is C12H14N2O5. The molecule has 0 bridgehead atoms.